The fraction of sp³-hybridized carbons (Fsp3) is 0.360. The monoisotopic (exact) mass is 540 g/mol. The Hall–Kier alpha value is -4.26. The van der Waals surface area contributed by atoms with Gasteiger partial charge in [-0.05, 0) is 30.7 Å². The summed E-state index contributed by atoms with van der Waals surface area (Å²) in [5.41, 5.74) is 1.48. The number of benzene rings is 1. The highest BCUT2D eigenvalue weighted by Crippen LogP contribution is 2.21. The minimum atomic E-state index is -0.430. The van der Waals surface area contributed by atoms with Gasteiger partial charge >= 0.3 is 0 Å². The summed E-state index contributed by atoms with van der Waals surface area (Å²) in [6.45, 7) is 4.48. The average molecular weight is 541 g/mol. The fourth-order valence-electron chi connectivity index (χ4n) is 4.12. The van der Waals surface area contributed by atoms with Crippen molar-refractivity contribution in [1.29, 1.82) is 0 Å². The van der Waals surface area contributed by atoms with Crippen LogP contribution in [0.4, 0.5) is 16.5 Å². The van der Waals surface area contributed by atoms with E-state index in [9.17, 15) is 24.5 Å². The van der Waals surface area contributed by atoms with Gasteiger partial charge in [-0.2, -0.15) is 0 Å². The number of amides is 3. The molecule has 0 bridgehead atoms. The van der Waals surface area contributed by atoms with Crippen molar-refractivity contribution < 1.29 is 23.7 Å². The van der Waals surface area contributed by atoms with Crippen molar-refractivity contribution in [2.45, 2.75) is 19.8 Å². The first-order chi connectivity index (χ1) is 18.3. The summed E-state index contributed by atoms with van der Waals surface area (Å²) < 4.78 is 5.16. The molecule has 3 amide bonds. The van der Waals surface area contributed by atoms with Crippen molar-refractivity contribution in [3.05, 3.63) is 69.6 Å². The van der Waals surface area contributed by atoms with Gasteiger partial charge in [0.15, 0.2) is 10.9 Å². The Morgan fingerprint density at radius 1 is 1.16 bits per heavy atom. The molecule has 1 N–H and O–H groups in total. The highest BCUT2D eigenvalue weighted by atomic mass is 32.1. The quantitative estimate of drug-likeness (QED) is 0.305. The summed E-state index contributed by atoms with van der Waals surface area (Å²) >= 11 is 1.22. The molecule has 12 nitrogen and oxygen atoms in total. The van der Waals surface area contributed by atoms with Gasteiger partial charge in [-0.1, -0.05) is 6.92 Å². The molecule has 2 aromatic heterocycles. The number of carbonyl (C=O) groups is 3. The van der Waals surface area contributed by atoms with Crippen LogP contribution in [-0.2, 0) is 16.0 Å². The molecule has 200 valence electrons. The molecule has 3 heterocycles. The first kappa shape index (κ1) is 26.8. The van der Waals surface area contributed by atoms with Crippen LogP contribution in [0.2, 0.25) is 0 Å². The number of anilines is 2. The SMILES string of the molecule is CCCN(CC(=O)Nc1nc(CC(=O)N2CCN(c3ccc([N+](=O)[O-])cc3)CC2)cs1)C(=O)c1ccco1. The second-order valence-corrected chi connectivity index (χ2v) is 9.57. The van der Waals surface area contributed by atoms with Gasteiger partial charge in [0.2, 0.25) is 11.8 Å². The predicted molar refractivity (Wildman–Crippen MR) is 141 cm³/mol. The van der Waals surface area contributed by atoms with Crippen LogP contribution in [0.3, 0.4) is 0 Å². The normalized spacial score (nSPS) is 13.3. The second kappa shape index (κ2) is 12.3. The molecule has 1 fully saturated rings. The zero-order valence-electron chi connectivity index (χ0n) is 20.9. The number of hydrogen-bond donors (Lipinski definition) is 1. The van der Waals surface area contributed by atoms with Crippen LogP contribution < -0.4 is 10.2 Å². The van der Waals surface area contributed by atoms with Crippen molar-refractivity contribution in [3.63, 3.8) is 0 Å². The number of hydrogen-bond acceptors (Lipinski definition) is 9. The van der Waals surface area contributed by atoms with Crippen LogP contribution in [0.5, 0.6) is 0 Å². The molecular weight excluding hydrogens is 512 g/mol. The number of thiazole rings is 1. The van der Waals surface area contributed by atoms with E-state index in [1.165, 1.54) is 34.6 Å². The summed E-state index contributed by atoms with van der Waals surface area (Å²) in [7, 11) is 0. The highest BCUT2D eigenvalue weighted by Gasteiger charge is 2.24. The van der Waals surface area contributed by atoms with Gasteiger partial charge in [0, 0.05) is 55.9 Å². The third kappa shape index (κ3) is 6.73. The van der Waals surface area contributed by atoms with Gasteiger partial charge in [-0.25, -0.2) is 4.98 Å². The number of piperazine rings is 1. The molecule has 3 aromatic rings. The lowest BCUT2D eigenvalue weighted by Gasteiger charge is -2.36. The number of rotatable bonds is 10. The maximum Gasteiger partial charge on any atom is 0.290 e. The van der Waals surface area contributed by atoms with E-state index in [0.717, 1.165) is 5.69 Å². The lowest BCUT2D eigenvalue weighted by atomic mass is 10.2. The Kier molecular flexibility index (Phi) is 8.69. The van der Waals surface area contributed by atoms with Gasteiger partial charge in [-0.15, -0.1) is 11.3 Å². The van der Waals surface area contributed by atoms with E-state index in [2.05, 4.69) is 15.2 Å². The number of carbonyl (C=O) groups excluding carboxylic acids is 3. The van der Waals surface area contributed by atoms with E-state index in [0.29, 0.717) is 50.0 Å². The van der Waals surface area contributed by atoms with Gasteiger partial charge in [0.1, 0.15) is 6.54 Å². The lowest BCUT2D eigenvalue weighted by Crippen LogP contribution is -2.49. The molecule has 0 saturated carbocycles. The zero-order chi connectivity index (χ0) is 27.1. The zero-order valence-corrected chi connectivity index (χ0v) is 21.7. The van der Waals surface area contributed by atoms with Gasteiger partial charge in [0.25, 0.3) is 11.6 Å². The number of nitrogens with zero attached hydrogens (tertiary/aromatic N) is 5. The molecule has 0 spiro atoms. The van der Waals surface area contributed by atoms with E-state index in [4.69, 9.17) is 4.42 Å². The van der Waals surface area contributed by atoms with E-state index in [1.54, 1.807) is 34.5 Å². The number of nitrogens with one attached hydrogen (secondary N) is 1. The van der Waals surface area contributed by atoms with Crippen molar-refractivity contribution in [1.82, 2.24) is 14.8 Å². The second-order valence-electron chi connectivity index (χ2n) is 8.71. The van der Waals surface area contributed by atoms with Gasteiger partial charge in [-0.3, -0.25) is 24.5 Å². The Morgan fingerprint density at radius 3 is 2.53 bits per heavy atom. The fourth-order valence-corrected chi connectivity index (χ4v) is 4.85. The molecule has 0 aliphatic carbocycles. The maximum absolute atomic E-state index is 12.8. The lowest BCUT2D eigenvalue weighted by molar-refractivity contribution is -0.384. The van der Waals surface area contributed by atoms with Crippen LogP contribution in [0.15, 0.2) is 52.5 Å². The molecule has 4 rings (SSSR count). The Balaban J connectivity index is 1.25. The molecule has 1 aliphatic heterocycles. The Morgan fingerprint density at radius 2 is 1.89 bits per heavy atom. The van der Waals surface area contributed by atoms with Crippen LogP contribution in [-0.4, -0.2) is 76.7 Å². The molecule has 1 saturated heterocycles. The highest BCUT2D eigenvalue weighted by molar-refractivity contribution is 7.13. The topological polar surface area (TPSA) is 142 Å². The van der Waals surface area contributed by atoms with E-state index in [-0.39, 0.29) is 42.1 Å². The van der Waals surface area contributed by atoms with Gasteiger partial charge in [0.05, 0.1) is 23.3 Å². The molecule has 13 heteroatoms. The molecule has 0 atom stereocenters. The first-order valence-corrected chi connectivity index (χ1v) is 13.1. The van der Waals surface area contributed by atoms with Crippen molar-refractivity contribution in [3.8, 4) is 0 Å². The molecule has 1 aliphatic rings. The summed E-state index contributed by atoms with van der Waals surface area (Å²) in [5, 5.41) is 15.7. The number of nitro benzene ring substituents is 1. The predicted octanol–water partition coefficient (Wildman–Crippen LogP) is 3.03. The summed E-state index contributed by atoms with van der Waals surface area (Å²) in [6, 6.07) is 9.56. The Labute approximate surface area is 223 Å². The van der Waals surface area contributed by atoms with E-state index in [1.807, 2.05) is 6.92 Å². The smallest absolute Gasteiger partial charge is 0.290 e. The number of furan rings is 1. The van der Waals surface area contributed by atoms with Gasteiger partial charge < -0.3 is 24.4 Å². The van der Waals surface area contributed by atoms with Crippen LogP contribution in [0.25, 0.3) is 0 Å². The molecule has 38 heavy (non-hydrogen) atoms. The summed E-state index contributed by atoms with van der Waals surface area (Å²) in [4.78, 5) is 58.0. The average Bonchev–Trinajstić information content (AvgIpc) is 3.61. The number of aromatic nitrogens is 1. The van der Waals surface area contributed by atoms with Crippen LogP contribution in [0.1, 0.15) is 29.6 Å². The molecule has 0 unspecified atom stereocenters. The van der Waals surface area contributed by atoms with E-state index >= 15 is 0 Å². The van der Waals surface area contributed by atoms with Crippen LogP contribution in [0, 0.1) is 10.1 Å². The molecule has 0 radical (unpaired) electrons. The maximum atomic E-state index is 12.8. The van der Waals surface area contributed by atoms with Crippen molar-refractivity contribution in [2.75, 3.05) is 49.5 Å². The first-order valence-electron chi connectivity index (χ1n) is 12.2. The van der Waals surface area contributed by atoms with Crippen molar-refractivity contribution >= 4 is 45.6 Å². The third-order valence-electron chi connectivity index (χ3n) is 6.04. The number of non-ortho nitro benzene ring substituents is 1. The largest absolute Gasteiger partial charge is 0.459 e. The standard InChI is InChI=1S/C25H28N6O6S/c1-2-9-30(24(34)21-4-3-14-37-21)16-22(32)27-25-26-18(17-38-25)15-23(33)29-12-10-28(11-13-29)19-5-7-20(8-6-19)31(35)36/h3-8,14,17H,2,9-13,15-16H2,1H3,(H,26,27,32). The number of nitro groups is 1. The summed E-state index contributed by atoms with van der Waals surface area (Å²) in [6.07, 6.45) is 2.21. The molecule has 1 aromatic carbocycles. The van der Waals surface area contributed by atoms with E-state index < -0.39 is 4.92 Å². The Bertz CT molecular complexity index is 1270. The van der Waals surface area contributed by atoms with Crippen molar-refractivity contribution in [2.24, 2.45) is 0 Å². The minimum Gasteiger partial charge on any atom is -0.459 e. The molecular formula is C25H28N6O6S. The summed E-state index contributed by atoms with van der Waals surface area (Å²) in [5.74, 6) is -0.622. The third-order valence-corrected chi connectivity index (χ3v) is 6.84. The minimum absolute atomic E-state index is 0.0436. The van der Waals surface area contributed by atoms with Crippen LogP contribution >= 0.6 is 11.3 Å².